The average molecular weight is 381 g/mol. The van der Waals surface area contributed by atoms with Gasteiger partial charge in [-0.3, -0.25) is 9.20 Å². The minimum atomic E-state index is -0.00393. The Kier molecular flexibility index (Phi) is 2.66. The highest BCUT2D eigenvalue weighted by molar-refractivity contribution is 9.11. The van der Waals surface area contributed by atoms with E-state index in [4.69, 9.17) is 4.98 Å². The number of hydrogen-bond acceptors (Lipinski definition) is 3. The summed E-state index contributed by atoms with van der Waals surface area (Å²) in [5.41, 5.74) is 2.69. The second-order valence-electron chi connectivity index (χ2n) is 5.41. The Bertz CT molecular complexity index is 1240. The van der Waals surface area contributed by atoms with Gasteiger partial charge in [0.1, 0.15) is 10.5 Å². The molecule has 110 valence electrons. The van der Waals surface area contributed by atoms with Crippen molar-refractivity contribution in [3.63, 3.8) is 0 Å². The molecule has 5 aromatic rings. The zero-order chi connectivity index (χ0) is 15.6. The molecule has 5 heteroatoms. The zero-order valence-corrected chi connectivity index (χ0v) is 14.2. The summed E-state index contributed by atoms with van der Waals surface area (Å²) in [7, 11) is 0. The van der Waals surface area contributed by atoms with E-state index >= 15 is 0 Å². The van der Waals surface area contributed by atoms with Gasteiger partial charge in [0.05, 0.1) is 14.8 Å². The van der Waals surface area contributed by atoms with E-state index in [0.717, 1.165) is 35.9 Å². The molecule has 3 nitrogen and oxygen atoms in total. The summed E-state index contributed by atoms with van der Waals surface area (Å²) < 4.78 is 3.48. The molecule has 2 aromatic carbocycles. The van der Waals surface area contributed by atoms with Crippen LogP contribution in [0.2, 0.25) is 0 Å². The van der Waals surface area contributed by atoms with E-state index in [1.807, 2.05) is 48.5 Å². The SMILES string of the molecule is O=c1c2sc(Br)cc2c2cccc3nc(-c4ccccc4)n1c32. The number of rotatable bonds is 1. The second kappa shape index (κ2) is 4.63. The first-order valence-corrected chi connectivity index (χ1v) is 8.76. The van der Waals surface area contributed by atoms with Gasteiger partial charge >= 0.3 is 0 Å². The van der Waals surface area contributed by atoms with E-state index in [1.54, 1.807) is 4.40 Å². The number of halogens is 1. The van der Waals surface area contributed by atoms with Crippen LogP contribution in [-0.2, 0) is 0 Å². The van der Waals surface area contributed by atoms with Crippen molar-refractivity contribution >= 4 is 53.8 Å². The molecule has 0 unspecified atom stereocenters. The highest BCUT2D eigenvalue weighted by atomic mass is 79.9. The maximum atomic E-state index is 13.1. The number of aromatic nitrogens is 2. The molecule has 0 spiro atoms. The number of nitrogens with zero attached hydrogens (tertiary/aromatic N) is 2. The fourth-order valence-electron chi connectivity index (χ4n) is 3.14. The Morgan fingerprint density at radius 3 is 2.65 bits per heavy atom. The lowest BCUT2D eigenvalue weighted by Crippen LogP contribution is -2.12. The Balaban J connectivity index is 2.09. The van der Waals surface area contributed by atoms with Crippen LogP contribution < -0.4 is 5.56 Å². The Morgan fingerprint density at radius 2 is 1.83 bits per heavy atom. The maximum absolute atomic E-state index is 13.1. The lowest BCUT2D eigenvalue weighted by atomic mass is 10.1. The zero-order valence-electron chi connectivity index (χ0n) is 11.8. The molecule has 0 bridgehead atoms. The van der Waals surface area contributed by atoms with Gasteiger partial charge in [0.25, 0.3) is 5.56 Å². The van der Waals surface area contributed by atoms with Crippen LogP contribution in [0, 0.1) is 0 Å². The summed E-state index contributed by atoms with van der Waals surface area (Å²) >= 11 is 4.98. The molecule has 5 rings (SSSR count). The number of hydrogen-bond donors (Lipinski definition) is 0. The van der Waals surface area contributed by atoms with Crippen molar-refractivity contribution in [3.05, 3.63) is 68.7 Å². The minimum absolute atomic E-state index is 0.00393. The lowest BCUT2D eigenvalue weighted by molar-refractivity contribution is 1.13. The summed E-state index contributed by atoms with van der Waals surface area (Å²) in [6, 6.07) is 17.9. The number of benzene rings is 2. The van der Waals surface area contributed by atoms with Gasteiger partial charge in [-0.15, -0.1) is 11.3 Å². The first-order chi connectivity index (χ1) is 11.2. The van der Waals surface area contributed by atoms with Gasteiger partial charge in [-0.2, -0.15) is 0 Å². The molecule has 3 aromatic heterocycles. The van der Waals surface area contributed by atoms with E-state index < -0.39 is 0 Å². The largest absolute Gasteiger partial charge is 0.274 e. The highest BCUT2D eigenvalue weighted by Gasteiger charge is 2.19. The van der Waals surface area contributed by atoms with E-state index in [9.17, 15) is 4.79 Å². The molecule has 0 fully saturated rings. The minimum Gasteiger partial charge on any atom is -0.267 e. The van der Waals surface area contributed by atoms with Crippen molar-refractivity contribution in [1.82, 2.24) is 9.38 Å². The molecular formula is C18H9BrN2OS. The van der Waals surface area contributed by atoms with Gasteiger partial charge in [-0.1, -0.05) is 42.5 Å². The Morgan fingerprint density at radius 1 is 1.00 bits per heavy atom. The van der Waals surface area contributed by atoms with Crippen LogP contribution >= 0.6 is 27.3 Å². The van der Waals surface area contributed by atoms with Gasteiger partial charge in [-0.25, -0.2) is 4.98 Å². The molecule has 0 amide bonds. The number of pyridine rings is 1. The van der Waals surface area contributed by atoms with Crippen molar-refractivity contribution in [2.24, 2.45) is 0 Å². The summed E-state index contributed by atoms with van der Waals surface area (Å²) in [5, 5.41) is 2.05. The topological polar surface area (TPSA) is 34.4 Å². The standard InChI is InChI=1S/C18H9BrN2OS/c19-14-9-12-11-7-4-8-13-15(11)21(18(22)16(12)23-14)17(20-13)10-5-2-1-3-6-10/h1-9H. The molecular weight excluding hydrogens is 372 g/mol. The van der Waals surface area contributed by atoms with Crippen LogP contribution in [0.1, 0.15) is 0 Å². The van der Waals surface area contributed by atoms with Gasteiger partial charge in [0.2, 0.25) is 0 Å². The maximum Gasteiger partial charge on any atom is 0.274 e. The third kappa shape index (κ3) is 1.75. The molecule has 0 atom stereocenters. The summed E-state index contributed by atoms with van der Waals surface area (Å²) in [6.07, 6.45) is 0. The predicted molar refractivity (Wildman–Crippen MR) is 98.7 cm³/mol. The van der Waals surface area contributed by atoms with Crippen LogP contribution in [0.25, 0.3) is 37.9 Å². The van der Waals surface area contributed by atoms with Crippen molar-refractivity contribution in [1.29, 1.82) is 0 Å². The molecule has 23 heavy (non-hydrogen) atoms. The molecule has 0 saturated heterocycles. The monoisotopic (exact) mass is 380 g/mol. The number of thiophene rings is 1. The molecule has 0 aliphatic heterocycles. The van der Waals surface area contributed by atoms with Crippen LogP contribution in [0.5, 0.6) is 0 Å². The molecule has 0 aliphatic carbocycles. The first-order valence-electron chi connectivity index (χ1n) is 7.15. The lowest BCUT2D eigenvalue weighted by Gasteiger charge is -2.03. The van der Waals surface area contributed by atoms with E-state index in [2.05, 4.69) is 22.0 Å². The van der Waals surface area contributed by atoms with Crippen LogP contribution in [0.3, 0.4) is 0 Å². The molecule has 0 saturated carbocycles. The van der Waals surface area contributed by atoms with Crippen molar-refractivity contribution < 1.29 is 0 Å². The molecule has 0 aliphatic rings. The fraction of sp³-hybridized carbons (Fsp3) is 0. The van der Waals surface area contributed by atoms with Gasteiger partial charge in [-0.05, 0) is 28.1 Å². The van der Waals surface area contributed by atoms with Gasteiger partial charge < -0.3 is 0 Å². The van der Waals surface area contributed by atoms with Crippen molar-refractivity contribution in [2.45, 2.75) is 0 Å². The predicted octanol–water partition coefficient (Wildman–Crippen LogP) is 4.93. The summed E-state index contributed by atoms with van der Waals surface area (Å²) in [6.45, 7) is 0. The van der Waals surface area contributed by atoms with Crippen molar-refractivity contribution in [3.8, 4) is 11.4 Å². The Hall–Kier alpha value is -2.24. The van der Waals surface area contributed by atoms with Crippen LogP contribution in [-0.4, -0.2) is 9.38 Å². The van der Waals surface area contributed by atoms with E-state index in [-0.39, 0.29) is 5.56 Å². The second-order valence-corrected chi connectivity index (χ2v) is 7.84. The number of imidazole rings is 1. The third-order valence-electron chi connectivity index (χ3n) is 4.10. The van der Waals surface area contributed by atoms with Crippen molar-refractivity contribution in [2.75, 3.05) is 0 Å². The number of para-hydroxylation sites is 1. The van der Waals surface area contributed by atoms with Crippen LogP contribution in [0.4, 0.5) is 0 Å². The average Bonchev–Trinajstić information content (AvgIpc) is 3.15. The summed E-state index contributed by atoms with van der Waals surface area (Å²) in [5.74, 6) is 0.702. The molecule has 3 heterocycles. The highest BCUT2D eigenvalue weighted by Crippen LogP contribution is 2.35. The normalized spacial score (nSPS) is 11.9. The van der Waals surface area contributed by atoms with E-state index in [1.165, 1.54) is 11.3 Å². The quantitative estimate of drug-likeness (QED) is 0.413. The van der Waals surface area contributed by atoms with Gasteiger partial charge in [0.15, 0.2) is 0 Å². The van der Waals surface area contributed by atoms with Gasteiger partial charge in [0, 0.05) is 16.3 Å². The van der Waals surface area contributed by atoms with Crippen LogP contribution in [0.15, 0.2) is 63.2 Å². The first kappa shape index (κ1) is 13.2. The Labute approximate surface area is 143 Å². The number of fused-ring (bicyclic) bond motifs is 2. The summed E-state index contributed by atoms with van der Waals surface area (Å²) in [4.78, 5) is 17.8. The van der Waals surface area contributed by atoms with E-state index in [0.29, 0.717) is 5.82 Å². The molecule has 0 radical (unpaired) electrons. The smallest absolute Gasteiger partial charge is 0.267 e. The molecule has 0 N–H and O–H groups in total. The third-order valence-corrected chi connectivity index (χ3v) is 5.72. The fourth-order valence-corrected chi connectivity index (χ4v) is 4.69.